The molecule has 0 aromatic rings. The van der Waals surface area contributed by atoms with Gasteiger partial charge in [0, 0.05) is 6.54 Å². The fourth-order valence-electron chi connectivity index (χ4n) is 3.13. The fraction of sp³-hybridized carbons (Fsp3) is 0.867. The Morgan fingerprint density at radius 2 is 2.10 bits per heavy atom. The number of carbonyl (C=O) groups is 2. The first kappa shape index (κ1) is 16.1. The Morgan fingerprint density at radius 1 is 1.38 bits per heavy atom. The van der Waals surface area contributed by atoms with Crippen molar-refractivity contribution in [3.8, 4) is 0 Å². The molecular formula is C15H26N2O4. The van der Waals surface area contributed by atoms with Crippen molar-refractivity contribution in [1.29, 1.82) is 0 Å². The van der Waals surface area contributed by atoms with Crippen LogP contribution in [0.15, 0.2) is 0 Å². The molecule has 0 aromatic heterocycles. The van der Waals surface area contributed by atoms with E-state index >= 15 is 0 Å². The van der Waals surface area contributed by atoms with Crippen molar-refractivity contribution in [3.05, 3.63) is 0 Å². The number of carbonyl (C=O) groups excluding carboxylic acids is 1. The lowest BCUT2D eigenvalue weighted by Crippen LogP contribution is -2.51. The van der Waals surface area contributed by atoms with Crippen molar-refractivity contribution in [2.24, 2.45) is 11.3 Å². The van der Waals surface area contributed by atoms with Gasteiger partial charge in [-0.1, -0.05) is 20.8 Å². The van der Waals surface area contributed by atoms with E-state index in [4.69, 9.17) is 4.74 Å². The minimum absolute atomic E-state index is 0.0537. The number of piperidine rings is 1. The highest BCUT2D eigenvalue weighted by molar-refractivity contribution is 5.81. The maximum atomic E-state index is 12.3. The van der Waals surface area contributed by atoms with Gasteiger partial charge >= 0.3 is 12.1 Å². The number of hydrogen-bond acceptors (Lipinski definition) is 4. The first-order chi connectivity index (χ1) is 9.79. The van der Waals surface area contributed by atoms with E-state index in [9.17, 15) is 14.7 Å². The summed E-state index contributed by atoms with van der Waals surface area (Å²) in [6, 6.07) is -0.802. The average molecular weight is 298 g/mol. The monoisotopic (exact) mass is 298 g/mol. The van der Waals surface area contributed by atoms with Crippen molar-refractivity contribution in [2.45, 2.75) is 52.1 Å². The SMILES string of the molecule is CC(C)(C)CCOC(=O)N1[C@@H](C(=O)O)C[C@@H]2CCNC[C@@H]21. The Hall–Kier alpha value is -1.30. The van der Waals surface area contributed by atoms with Crippen LogP contribution in [-0.2, 0) is 9.53 Å². The molecule has 0 radical (unpaired) electrons. The average Bonchev–Trinajstić information content (AvgIpc) is 2.76. The molecule has 3 atom stereocenters. The number of carboxylic acids is 1. The van der Waals surface area contributed by atoms with E-state index in [1.165, 1.54) is 4.90 Å². The van der Waals surface area contributed by atoms with E-state index in [0.717, 1.165) is 19.4 Å². The summed E-state index contributed by atoms with van der Waals surface area (Å²) >= 11 is 0. The zero-order valence-corrected chi connectivity index (χ0v) is 13.1. The Labute approximate surface area is 125 Å². The molecule has 0 unspecified atom stereocenters. The van der Waals surface area contributed by atoms with Gasteiger partial charge in [-0.05, 0) is 37.1 Å². The largest absolute Gasteiger partial charge is 0.480 e. The van der Waals surface area contributed by atoms with Crippen LogP contribution in [-0.4, -0.2) is 53.8 Å². The van der Waals surface area contributed by atoms with Crippen molar-refractivity contribution < 1.29 is 19.4 Å². The van der Waals surface area contributed by atoms with Gasteiger partial charge in [0.1, 0.15) is 6.04 Å². The second-order valence-electron chi connectivity index (χ2n) is 7.24. The third-order valence-electron chi connectivity index (χ3n) is 4.38. The number of likely N-dealkylation sites (tertiary alicyclic amines) is 1. The van der Waals surface area contributed by atoms with Gasteiger partial charge < -0.3 is 15.2 Å². The summed E-state index contributed by atoms with van der Waals surface area (Å²) in [4.78, 5) is 25.2. The summed E-state index contributed by atoms with van der Waals surface area (Å²) in [5.41, 5.74) is 0.0897. The smallest absolute Gasteiger partial charge is 0.410 e. The first-order valence-corrected chi connectivity index (χ1v) is 7.68. The van der Waals surface area contributed by atoms with Gasteiger partial charge in [-0.2, -0.15) is 0 Å². The zero-order valence-electron chi connectivity index (χ0n) is 13.1. The van der Waals surface area contributed by atoms with E-state index < -0.39 is 18.1 Å². The second kappa shape index (κ2) is 6.22. The molecule has 0 bridgehead atoms. The quantitative estimate of drug-likeness (QED) is 0.829. The molecule has 6 heteroatoms. The van der Waals surface area contributed by atoms with Gasteiger partial charge in [-0.25, -0.2) is 9.59 Å². The number of fused-ring (bicyclic) bond motifs is 1. The molecule has 120 valence electrons. The van der Waals surface area contributed by atoms with Crippen LogP contribution in [0.1, 0.15) is 40.0 Å². The number of rotatable bonds is 3. The van der Waals surface area contributed by atoms with Crippen LogP contribution in [0, 0.1) is 11.3 Å². The summed E-state index contributed by atoms with van der Waals surface area (Å²) in [6.45, 7) is 8.12. The molecule has 21 heavy (non-hydrogen) atoms. The maximum absolute atomic E-state index is 12.3. The van der Waals surface area contributed by atoms with Crippen molar-refractivity contribution in [3.63, 3.8) is 0 Å². The Morgan fingerprint density at radius 3 is 2.71 bits per heavy atom. The van der Waals surface area contributed by atoms with Crippen LogP contribution in [0.4, 0.5) is 4.79 Å². The maximum Gasteiger partial charge on any atom is 0.410 e. The molecule has 0 aliphatic carbocycles. The molecule has 0 aromatic carbocycles. The number of aliphatic carboxylic acids is 1. The first-order valence-electron chi connectivity index (χ1n) is 7.68. The Bertz CT molecular complexity index is 405. The molecule has 2 N–H and O–H groups in total. The van der Waals surface area contributed by atoms with E-state index in [-0.39, 0.29) is 17.4 Å². The van der Waals surface area contributed by atoms with Gasteiger partial charge in [0.15, 0.2) is 0 Å². The van der Waals surface area contributed by atoms with E-state index in [1.807, 2.05) is 0 Å². The molecule has 2 saturated heterocycles. The second-order valence-corrected chi connectivity index (χ2v) is 7.24. The van der Waals surface area contributed by atoms with Gasteiger partial charge in [-0.15, -0.1) is 0 Å². The van der Waals surface area contributed by atoms with Gasteiger partial charge in [0.2, 0.25) is 0 Å². The molecule has 2 aliphatic heterocycles. The molecule has 2 fully saturated rings. The number of nitrogens with zero attached hydrogens (tertiary/aromatic N) is 1. The highest BCUT2D eigenvalue weighted by atomic mass is 16.6. The van der Waals surface area contributed by atoms with Crippen LogP contribution in [0.2, 0.25) is 0 Å². The summed E-state index contributed by atoms with van der Waals surface area (Å²) in [7, 11) is 0. The van der Waals surface area contributed by atoms with E-state index in [2.05, 4.69) is 26.1 Å². The van der Waals surface area contributed by atoms with Crippen LogP contribution in [0.3, 0.4) is 0 Å². The molecule has 1 amide bonds. The predicted molar refractivity (Wildman–Crippen MR) is 78.1 cm³/mol. The molecule has 2 aliphatic rings. The number of nitrogens with one attached hydrogen (secondary N) is 1. The van der Waals surface area contributed by atoms with E-state index in [0.29, 0.717) is 19.6 Å². The normalized spacial score (nSPS) is 29.1. The topological polar surface area (TPSA) is 78.9 Å². The Kier molecular flexibility index (Phi) is 4.76. The number of carboxylic acid groups (broad SMARTS) is 1. The van der Waals surface area contributed by atoms with Crippen molar-refractivity contribution in [1.82, 2.24) is 10.2 Å². The highest BCUT2D eigenvalue weighted by Crippen LogP contribution is 2.34. The number of ether oxygens (including phenoxy) is 1. The summed E-state index contributed by atoms with van der Waals surface area (Å²) < 4.78 is 5.33. The summed E-state index contributed by atoms with van der Waals surface area (Å²) in [5.74, 6) is -0.667. The number of amides is 1. The summed E-state index contributed by atoms with van der Waals surface area (Å²) in [5, 5.41) is 12.6. The van der Waals surface area contributed by atoms with Crippen molar-refractivity contribution >= 4 is 12.1 Å². The minimum atomic E-state index is -0.933. The van der Waals surface area contributed by atoms with Gasteiger partial charge in [0.25, 0.3) is 0 Å². The van der Waals surface area contributed by atoms with Gasteiger partial charge in [-0.3, -0.25) is 4.90 Å². The lowest BCUT2D eigenvalue weighted by atomic mass is 9.92. The fourth-order valence-corrected chi connectivity index (χ4v) is 3.13. The zero-order chi connectivity index (χ0) is 15.6. The standard InChI is InChI=1S/C15H26N2O4/c1-15(2,3)5-7-21-14(20)17-11(13(18)19)8-10-4-6-16-9-12(10)17/h10-12,16H,4-9H2,1-3H3,(H,18,19)/t10-,11+,12-/m0/s1. The molecule has 2 heterocycles. The number of hydrogen-bond donors (Lipinski definition) is 2. The minimum Gasteiger partial charge on any atom is -0.480 e. The van der Waals surface area contributed by atoms with Crippen molar-refractivity contribution in [2.75, 3.05) is 19.7 Å². The molecule has 6 nitrogen and oxygen atoms in total. The molecular weight excluding hydrogens is 272 g/mol. The Balaban J connectivity index is 2.00. The van der Waals surface area contributed by atoms with Crippen LogP contribution < -0.4 is 5.32 Å². The molecule has 0 saturated carbocycles. The predicted octanol–water partition coefficient (Wildman–Crippen LogP) is 1.70. The van der Waals surface area contributed by atoms with Crippen LogP contribution in [0.25, 0.3) is 0 Å². The third kappa shape index (κ3) is 3.87. The highest BCUT2D eigenvalue weighted by Gasteiger charge is 2.48. The lowest BCUT2D eigenvalue weighted by molar-refractivity contribution is -0.142. The molecule has 2 rings (SSSR count). The van der Waals surface area contributed by atoms with Crippen LogP contribution >= 0.6 is 0 Å². The lowest BCUT2D eigenvalue weighted by Gasteiger charge is -2.32. The third-order valence-corrected chi connectivity index (χ3v) is 4.38. The summed E-state index contributed by atoms with van der Waals surface area (Å²) in [6.07, 6.45) is 1.73. The van der Waals surface area contributed by atoms with Gasteiger partial charge in [0.05, 0.1) is 12.6 Å². The van der Waals surface area contributed by atoms with E-state index in [1.54, 1.807) is 0 Å². The van der Waals surface area contributed by atoms with Crippen LogP contribution in [0.5, 0.6) is 0 Å². The molecule has 0 spiro atoms.